The zero-order valence-corrected chi connectivity index (χ0v) is 19.5. The first-order chi connectivity index (χ1) is 10.3. The summed E-state index contributed by atoms with van der Waals surface area (Å²) in [6.07, 6.45) is 0.198. The third kappa shape index (κ3) is 6.30. The Morgan fingerprint density at radius 2 is 1.46 bits per heavy atom. The molecule has 0 bridgehead atoms. The molecule has 0 fully saturated rings. The second kappa shape index (κ2) is 8.88. The van der Waals surface area contributed by atoms with Gasteiger partial charge in [-0.1, -0.05) is 53.7 Å². The maximum Gasteiger partial charge on any atom is 2.00 e. The van der Waals surface area contributed by atoms with E-state index in [1.54, 1.807) is 6.92 Å². The van der Waals surface area contributed by atoms with Crippen molar-refractivity contribution in [2.24, 2.45) is 0 Å². The zero-order chi connectivity index (χ0) is 18.1. The molecule has 0 radical (unpaired) electrons. The van der Waals surface area contributed by atoms with Crippen LogP contribution in [0.3, 0.4) is 0 Å². The number of rotatable bonds is 5. The van der Waals surface area contributed by atoms with Crippen LogP contribution in [-0.2, 0) is 30.6 Å². The van der Waals surface area contributed by atoms with Gasteiger partial charge in [0.25, 0.3) is 0 Å². The molecule has 0 amide bonds. The third-order valence-corrected chi connectivity index (χ3v) is 5.73. The second-order valence-electron chi connectivity index (χ2n) is 7.91. The molecule has 0 spiro atoms. The summed E-state index contributed by atoms with van der Waals surface area (Å²) in [7, 11) is -1.75. The predicted octanol–water partition coefficient (Wildman–Crippen LogP) is 4.98. The fourth-order valence-corrected chi connectivity index (χ4v) is 3.86. The van der Waals surface area contributed by atoms with Gasteiger partial charge in [-0.15, -0.1) is 0 Å². The number of benzene rings is 1. The van der Waals surface area contributed by atoms with Gasteiger partial charge in [-0.3, -0.25) is 4.57 Å². The van der Waals surface area contributed by atoms with Gasteiger partial charge in [0, 0.05) is 7.11 Å². The van der Waals surface area contributed by atoms with Crippen molar-refractivity contribution in [3.8, 4) is 5.75 Å². The van der Waals surface area contributed by atoms with E-state index in [4.69, 9.17) is 9.05 Å². The molecule has 4 nitrogen and oxygen atoms in total. The molecule has 0 saturated heterocycles. The van der Waals surface area contributed by atoms with Crippen LogP contribution < -0.4 is 0 Å². The molecule has 1 rings (SSSR count). The van der Waals surface area contributed by atoms with Gasteiger partial charge < -0.3 is 14.2 Å². The maximum atomic E-state index is 12.7. The van der Waals surface area contributed by atoms with Crippen molar-refractivity contribution in [3.63, 3.8) is 0 Å². The molecular formula is C18H31CaO4P+2. The minimum atomic E-state index is -3.16. The molecule has 6 heteroatoms. The van der Waals surface area contributed by atoms with E-state index in [-0.39, 0.29) is 54.7 Å². The molecule has 1 unspecified atom stereocenters. The molecule has 0 aromatic heterocycles. The van der Waals surface area contributed by atoms with Crippen molar-refractivity contribution in [1.82, 2.24) is 0 Å². The van der Waals surface area contributed by atoms with Crippen LogP contribution in [0.4, 0.5) is 0 Å². The summed E-state index contributed by atoms with van der Waals surface area (Å²) < 4.78 is 23.1. The molecule has 0 saturated carbocycles. The maximum absolute atomic E-state index is 12.7. The van der Waals surface area contributed by atoms with Crippen LogP contribution in [-0.4, -0.2) is 56.6 Å². The van der Waals surface area contributed by atoms with Crippen molar-refractivity contribution >= 4 is 45.3 Å². The van der Waals surface area contributed by atoms with Gasteiger partial charge in [0.05, 0.1) is 12.8 Å². The molecule has 1 atom stereocenters. The zero-order valence-electron chi connectivity index (χ0n) is 16.4. The third-order valence-electron chi connectivity index (χ3n) is 3.77. The molecule has 0 aliphatic carbocycles. The molecule has 132 valence electrons. The minimum Gasteiger partial charge on any atom is -0.507 e. The van der Waals surface area contributed by atoms with Gasteiger partial charge >= 0.3 is 45.3 Å². The van der Waals surface area contributed by atoms with Crippen molar-refractivity contribution in [3.05, 3.63) is 28.8 Å². The summed E-state index contributed by atoms with van der Waals surface area (Å²) in [4.78, 5) is 0. The van der Waals surface area contributed by atoms with Gasteiger partial charge in [0.2, 0.25) is 0 Å². The molecule has 0 aliphatic heterocycles. The van der Waals surface area contributed by atoms with E-state index in [0.29, 0.717) is 12.4 Å². The van der Waals surface area contributed by atoms with E-state index in [2.05, 4.69) is 41.5 Å². The van der Waals surface area contributed by atoms with E-state index >= 15 is 0 Å². The van der Waals surface area contributed by atoms with Crippen LogP contribution in [0.1, 0.15) is 65.2 Å². The summed E-state index contributed by atoms with van der Waals surface area (Å²) in [5.74, 6) is 0.317. The Morgan fingerprint density at radius 1 is 1.04 bits per heavy atom. The Hall–Kier alpha value is 0.430. The van der Waals surface area contributed by atoms with Crippen molar-refractivity contribution < 1.29 is 18.7 Å². The van der Waals surface area contributed by atoms with Crippen LogP contribution >= 0.6 is 7.60 Å². The quantitative estimate of drug-likeness (QED) is 0.576. The average molecular weight is 382 g/mol. The average Bonchev–Trinajstić information content (AvgIpc) is 2.38. The molecule has 24 heavy (non-hydrogen) atoms. The molecule has 0 aliphatic rings. The number of phenols is 1. The normalized spacial score (nSPS) is 14.8. The molecule has 0 heterocycles. The first kappa shape index (κ1) is 24.4. The summed E-state index contributed by atoms with van der Waals surface area (Å²) in [6.45, 7) is 14.4. The van der Waals surface area contributed by atoms with E-state index in [0.717, 1.165) is 16.7 Å². The second-order valence-corrected chi connectivity index (χ2v) is 10.1. The monoisotopic (exact) mass is 382 g/mol. The Bertz CT molecular complexity index is 565. The Kier molecular flexibility index (Phi) is 9.04. The van der Waals surface area contributed by atoms with Crippen LogP contribution in [0.2, 0.25) is 0 Å². The Labute approximate surface area is 176 Å². The van der Waals surface area contributed by atoms with Crippen LogP contribution in [0.25, 0.3) is 0 Å². The van der Waals surface area contributed by atoms with E-state index < -0.39 is 7.60 Å². The van der Waals surface area contributed by atoms with Crippen molar-refractivity contribution in [2.75, 3.05) is 13.7 Å². The summed E-state index contributed by atoms with van der Waals surface area (Å²) in [5, 5.41) is 10.7. The summed E-state index contributed by atoms with van der Waals surface area (Å²) >= 11 is 0. The topological polar surface area (TPSA) is 55.8 Å². The molecule has 1 N–H and O–H groups in total. The molecule has 1 aromatic rings. The fraction of sp³-hybridized carbons (Fsp3) is 0.667. The van der Waals surface area contributed by atoms with Crippen LogP contribution in [0.15, 0.2) is 12.1 Å². The van der Waals surface area contributed by atoms with Gasteiger partial charge in [-0.2, -0.15) is 0 Å². The smallest absolute Gasteiger partial charge is 0.507 e. The number of phenolic OH excluding ortho intramolecular Hbond substituents is 1. The Balaban J connectivity index is 0.00000529. The number of aromatic hydroxyl groups is 1. The largest absolute Gasteiger partial charge is 2.00 e. The minimum absolute atomic E-state index is 0. The van der Waals surface area contributed by atoms with E-state index in [9.17, 15) is 9.67 Å². The van der Waals surface area contributed by atoms with Gasteiger partial charge in [0.15, 0.2) is 0 Å². The van der Waals surface area contributed by atoms with Gasteiger partial charge in [-0.25, -0.2) is 0 Å². The SMILES string of the molecule is CCOP(=O)(Cc1cc(C(C)(C)C)c(O)c(C(C)(C)C)c1)OC.[Ca+2]. The first-order valence-electron chi connectivity index (χ1n) is 8.00. The van der Waals surface area contributed by atoms with Crippen LogP contribution in [0.5, 0.6) is 5.75 Å². The van der Waals surface area contributed by atoms with Crippen molar-refractivity contribution in [2.45, 2.75) is 65.5 Å². The van der Waals surface area contributed by atoms with Crippen molar-refractivity contribution in [1.29, 1.82) is 0 Å². The first-order valence-corrected chi connectivity index (χ1v) is 9.73. The number of hydrogen-bond acceptors (Lipinski definition) is 4. The van der Waals surface area contributed by atoms with E-state index in [1.807, 2.05) is 12.1 Å². The van der Waals surface area contributed by atoms with Crippen LogP contribution in [0, 0.1) is 0 Å². The van der Waals surface area contributed by atoms with E-state index in [1.165, 1.54) is 7.11 Å². The van der Waals surface area contributed by atoms with Gasteiger partial charge in [-0.05, 0) is 34.4 Å². The summed E-state index contributed by atoms with van der Waals surface area (Å²) in [6, 6.07) is 3.82. The van der Waals surface area contributed by atoms with Gasteiger partial charge in [0.1, 0.15) is 5.75 Å². The summed E-state index contributed by atoms with van der Waals surface area (Å²) in [5.41, 5.74) is 2.11. The predicted molar refractivity (Wildman–Crippen MR) is 101 cm³/mol. The number of hydrogen-bond donors (Lipinski definition) is 1. The molecular weight excluding hydrogens is 351 g/mol. The Morgan fingerprint density at radius 3 is 1.75 bits per heavy atom. The standard InChI is InChI=1S/C18H31O4P.Ca/c1-9-22-23(20,21-8)12-13-10-14(17(2,3)4)16(19)15(11-13)18(5,6)7;/h10-11,19H,9,12H2,1-8H3;/q;+2. The fourth-order valence-electron chi connectivity index (χ4n) is 2.51. The molecule has 1 aromatic carbocycles.